The number of amides is 1. The minimum absolute atomic E-state index is 0.0579. The van der Waals surface area contributed by atoms with Crippen molar-refractivity contribution in [2.45, 2.75) is 13.3 Å². The van der Waals surface area contributed by atoms with E-state index in [1.807, 2.05) is 0 Å². The van der Waals surface area contributed by atoms with Gasteiger partial charge in [0.1, 0.15) is 0 Å². The molecule has 1 aromatic rings. The molecule has 5 nitrogen and oxygen atoms in total. The maximum Gasteiger partial charge on any atom is 0.335 e. The molecule has 0 spiro atoms. The van der Waals surface area contributed by atoms with Gasteiger partial charge in [-0.25, -0.2) is 4.79 Å². The Morgan fingerprint density at radius 1 is 1.35 bits per heavy atom. The van der Waals surface area contributed by atoms with Crippen LogP contribution in [0.1, 0.15) is 34.1 Å². The molecule has 88 valence electrons. The Bertz CT molecular complexity index is 521. The highest BCUT2D eigenvalue weighted by atomic mass is 16.4. The summed E-state index contributed by atoms with van der Waals surface area (Å²) in [6.45, 7) is 1.78. The van der Waals surface area contributed by atoms with Crippen molar-refractivity contribution in [3.05, 3.63) is 29.3 Å². The van der Waals surface area contributed by atoms with Crippen LogP contribution in [0.15, 0.2) is 18.2 Å². The highest BCUT2D eigenvalue weighted by Gasteiger charge is 2.26. The third-order valence-corrected chi connectivity index (χ3v) is 2.78. The Balaban J connectivity index is 2.55. The van der Waals surface area contributed by atoms with Crippen LogP contribution in [0.2, 0.25) is 0 Å². The number of benzene rings is 1. The lowest BCUT2D eigenvalue weighted by molar-refractivity contribution is -0.116. The number of carboxylic acid groups (broad SMARTS) is 1. The first-order valence-electron chi connectivity index (χ1n) is 5.19. The van der Waals surface area contributed by atoms with Gasteiger partial charge in [-0.15, -0.1) is 0 Å². The lowest BCUT2D eigenvalue weighted by Gasteiger charge is -2.27. The minimum atomic E-state index is -1.08. The van der Waals surface area contributed by atoms with E-state index in [1.54, 1.807) is 0 Å². The Hall–Kier alpha value is -2.17. The molecule has 0 aromatic heterocycles. The molecular weight excluding hydrogens is 222 g/mol. The average molecular weight is 233 g/mol. The van der Waals surface area contributed by atoms with Gasteiger partial charge >= 0.3 is 5.97 Å². The number of ketones is 1. The minimum Gasteiger partial charge on any atom is -0.478 e. The number of hydrogen-bond donors (Lipinski definition) is 1. The number of aromatic carboxylic acids is 1. The standard InChI is InChI=1S/C12H11NO4/c1-7(14)13-5-4-11(15)9-6-8(12(16)17)2-3-10(9)13/h2-3,6H,4-5H2,1H3,(H,16,17). The summed E-state index contributed by atoms with van der Waals surface area (Å²) in [5, 5.41) is 8.86. The van der Waals surface area contributed by atoms with Gasteiger partial charge in [0, 0.05) is 25.5 Å². The summed E-state index contributed by atoms with van der Waals surface area (Å²) in [5.41, 5.74) is 0.868. The Morgan fingerprint density at radius 2 is 2.06 bits per heavy atom. The zero-order valence-corrected chi connectivity index (χ0v) is 9.27. The van der Waals surface area contributed by atoms with Crippen LogP contribution in [-0.2, 0) is 4.79 Å². The summed E-state index contributed by atoms with van der Waals surface area (Å²) < 4.78 is 0. The molecule has 17 heavy (non-hydrogen) atoms. The number of carbonyl (C=O) groups is 3. The molecule has 0 unspecified atom stereocenters. The molecule has 0 radical (unpaired) electrons. The van der Waals surface area contributed by atoms with Crippen LogP contribution in [0, 0.1) is 0 Å². The molecule has 1 N–H and O–H groups in total. The predicted octanol–water partition coefficient (Wildman–Crippen LogP) is 1.32. The monoisotopic (exact) mass is 233 g/mol. The van der Waals surface area contributed by atoms with Gasteiger partial charge in [-0.2, -0.15) is 0 Å². The highest BCUT2D eigenvalue weighted by molar-refractivity contribution is 6.09. The van der Waals surface area contributed by atoms with Gasteiger partial charge in [0.05, 0.1) is 11.3 Å². The second-order valence-corrected chi connectivity index (χ2v) is 3.88. The highest BCUT2D eigenvalue weighted by Crippen LogP contribution is 2.28. The average Bonchev–Trinajstić information content (AvgIpc) is 2.28. The van der Waals surface area contributed by atoms with Gasteiger partial charge < -0.3 is 10.0 Å². The van der Waals surface area contributed by atoms with E-state index in [4.69, 9.17) is 5.11 Å². The molecule has 0 bridgehead atoms. The Morgan fingerprint density at radius 3 is 2.65 bits per heavy atom. The predicted molar refractivity (Wildman–Crippen MR) is 60.4 cm³/mol. The third kappa shape index (κ3) is 1.91. The number of Topliss-reactive ketones (excluding diaryl/α,β-unsaturated/α-hetero) is 1. The fourth-order valence-corrected chi connectivity index (χ4v) is 1.92. The van der Waals surface area contributed by atoms with Crippen LogP contribution in [0.4, 0.5) is 5.69 Å². The molecule has 2 rings (SSSR count). The summed E-state index contributed by atoms with van der Waals surface area (Å²) >= 11 is 0. The topological polar surface area (TPSA) is 74.7 Å². The van der Waals surface area contributed by atoms with E-state index in [0.717, 1.165) is 0 Å². The smallest absolute Gasteiger partial charge is 0.335 e. The molecule has 1 aromatic carbocycles. The second kappa shape index (κ2) is 4.01. The van der Waals surface area contributed by atoms with Gasteiger partial charge in [-0.05, 0) is 18.2 Å². The van der Waals surface area contributed by atoms with Gasteiger partial charge in [0.15, 0.2) is 5.78 Å². The lowest BCUT2D eigenvalue weighted by Crippen LogP contribution is -2.35. The lowest BCUT2D eigenvalue weighted by atomic mass is 9.98. The molecule has 0 atom stereocenters. The third-order valence-electron chi connectivity index (χ3n) is 2.78. The second-order valence-electron chi connectivity index (χ2n) is 3.88. The Labute approximate surface area is 97.7 Å². The van der Waals surface area contributed by atoms with Crippen molar-refractivity contribution in [1.82, 2.24) is 0 Å². The normalized spacial score (nSPS) is 14.4. The Kier molecular flexibility index (Phi) is 2.67. The van der Waals surface area contributed by atoms with Crippen molar-refractivity contribution >= 4 is 23.3 Å². The van der Waals surface area contributed by atoms with Crippen molar-refractivity contribution in [3.8, 4) is 0 Å². The van der Waals surface area contributed by atoms with Crippen molar-refractivity contribution in [2.24, 2.45) is 0 Å². The summed E-state index contributed by atoms with van der Waals surface area (Å²) in [7, 11) is 0. The number of rotatable bonds is 1. The number of hydrogen-bond acceptors (Lipinski definition) is 3. The molecule has 5 heteroatoms. The first kappa shape index (κ1) is 11.3. The van der Waals surface area contributed by atoms with Crippen LogP contribution in [0.25, 0.3) is 0 Å². The fourth-order valence-electron chi connectivity index (χ4n) is 1.92. The molecule has 1 aliphatic rings. The quantitative estimate of drug-likeness (QED) is 0.793. The molecule has 0 fully saturated rings. The van der Waals surface area contributed by atoms with E-state index in [9.17, 15) is 14.4 Å². The van der Waals surface area contributed by atoms with Crippen molar-refractivity contribution in [3.63, 3.8) is 0 Å². The van der Waals surface area contributed by atoms with E-state index in [-0.39, 0.29) is 23.7 Å². The SMILES string of the molecule is CC(=O)N1CCC(=O)c2cc(C(=O)O)ccc21. The van der Waals surface area contributed by atoms with Gasteiger partial charge in [0.2, 0.25) is 5.91 Å². The van der Waals surface area contributed by atoms with Crippen LogP contribution < -0.4 is 4.90 Å². The van der Waals surface area contributed by atoms with Gasteiger partial charge in [0.25, 0.3) is 0 Å². The molecule has 0 aliphatic carbocycles. The maximum absolute atomic E-state index is 11.7. The van der Waals surface area contributed by atoms with E-state index >= 15 is 0 Å². The molecule has 0 saturated heterocycles. The van der Waals surface area contributed by atoms with E-state index in [0.29, 0.717) is 17.8 Å². The van der Waals surface area contributed by atoms with Crippen LogP contribution in [0.3, 0.4) is 0 Å². The molecule has 1 aliphatic heterocycles. The van der Waals surface area contributed by atoms with E-state index in [1.165, 1.54) is 30.0 Å². The molecule has 1 heterocycles. The summed E-state index contributed by atoms with van der Waals surface area (Å²) in [5.74, 6) is -1.36. The van der Waals surface area contributed by atoms with Gasteiger partial charge in [-0.1, -0.05) is 0 Å². The number of carboxylic acids is 1. The first-order chi connectivity index (χ1) is 8.00. The molecule has 1 amide bonds. The zero-order chi connectivity index (χ0) is 12.6. The largest absolute Gasteiger partial charge is 0.478 e. The van der Waals surface area contributed by atoms with Crippen LogP contribution >= 0.6 is 0 Å². The summed E-state index contributed by atoms with van der Waals surface area (Å²) in [6, 6.07) is 4.24. The summed E-state index contributed by atoms with van der Waals surface area (Å²) in [4.78, 5) is 35.4. The van der Waals surface area contributed by atoms with Crippen LogP contribution in [0.5, 0.6) is 0 Å². The fraction of sp³-hybridized carbons (Fsp3) is 0.250. The summed E-state index contributed by atoms with van der Waals surface area (Å²) in [6.07, 6.45) is 0.232. The van der Waals surface area contributed by atoms with Crippen LogP contribution in [-0.4, -0.2) is 29.3 Å². The number of nitrogens with zero attached hydrogens (tertiary/aromatic N) is 1. The zero-order valence-electron chi connectivity index (χ0n) is 9.27. The number of fused-ring (bicyclic) bond motifs is 1. The van der Waals surface area contributed by atoms with Crippen molar-refractivity contribution < 1.29 is 19.5 Å². The van der Waals surface area contributed by atoms with Gasteiger partial charge in [-0.3, -0.25) is 9.59 Å². The first-order valence-corrected chi connectivity index (χ1v) is 5.19. The number of carbonyl (C=O) groups excluding carboxylic acids is 2. The molecular formula is C12H11NO4. The number of anilines is 1. The van der Waals surface area contributed by atoms with Crippen molar-refractivity contribution in [2.75, 3.05) is 11.4 Å². The molecule has 0 saturated carbocycles. The maximum atomic E-state index is 11.7. The van der Waals surface area contributed by atoms with Crippen molar-refractivity contribution in [1.29, 1.82) is 0 Å². The van der Waals surface area contributed by atoms with E-state index < -0.39 is 5.97 Å². The van der Waals surface area contributed by atoms with E-state index in [2.05, 4.69) is 0 Å².